The Kier molecular flexibility index (Phi) is 6.54. The molecule has 0 aliphatic heterocycles. The minimum absolute atomic E-state index is 0.0949. The third-order valence-electron chi connectivity index (χ3n) is 3.33. The average Bonchev–Trinajstić information content (AvgIpc) is 2.99. The van der Waals surface area contributed by atoms with Crippen molar-refractivity contribution >= 4 is 12.1 Å². The third-order valence-corrected chi connectivity index (χ3v) is 3.33. The zero-order chi connectivity index (χ0) is 18.2. The van der Waals surface area contributed by atoms with E-state index in [1.54, 1.807) is 6.21 Å². The van der Waals surface area contributed by atoms with Gasteiger partial charge in [-0.15, -0.1) is 0 Å². The zero-order valence-electron chi connectivity index (χ0n) is 15.0. The molecule has 0 unspecified atom stereocenters. The maximum Gasteiger partial charge on any atom is 0.252 e. The molecule has 1 aromatic heterocycles. The lowest BCUT2D eigenvalue weighted by Gasteiger charge is -2.12. The van der Waals surface area contributed by atoms with Gasteiger partial charge in [0.25, 0.3) is 5.88 Å². The van der Waals surface area contributed by atoms with Crippen LogP contribution >= 0.6 is 0 Å². The van der Waals surface area contributed by atoms with Crippen LogP contribution in [0, 0.1) is 11.3 Å². The van der Waals surface area contributed by atoms with Gasteiger partial charge in [-0.3, -0.25) is 0 Å². The van der Waals surface area contributed by atoms with E-state index in [1.807, 2.05) is 58.3 Å². The summed E-state index contributed by atoms with van der Waals surface area (Å²) in [5, 5.41) is 13.3. The molecule has 0 spiro atoms. The van der Waals surface area contributed by atoms with E-state index in [1.165, 1.54) is 0 Å². The lowest BCUT2D eigenvalue weighted by atomic mass is 10.2. The van der Waals surface area contributed by atoms with E-state index >= 15 is 0 Å². The predicted octanol–water partition coefficient (Wildman–Crippen LogP) is 3.06. The van der Waals surface area contributed by atoms with E-state index in [4.69, 9.17) is 14.4 Å². The number of oxazole rings is 1. The Morgan fingerprint density at radius 3 is 2.84 bits per heavy atom. The predicted molar refractivity (Wildman–Crippen MR) is 97.0 cm³/mol. The summed E-state index contributed by atoms with van der Waals surface area (Å²) in [7, 11) is 3.99. The Bertz CT molecular complexity index is 759. The zero-order valence-corrected chi connectivity index (χ0v) is 15.0. The maximum atomic E-state index is 9.13. The van der Waals surface area contributed by atoms with Crippen LogP contribution in [0.1, 0.15) is 36.9 Å². The highest BCUT2D eigenvalue weighted by molar-refractivity contribution is 5.83. The van der Waals surface area contributed by atoms with Crippen LogP contribution in [-0.4, -0.2) is 43.3 Å². The van der Waals surface area contributed by atoms with Gasteiger partial charge in [-0.2, -0.15) is 10.4 Å². The highest BCUT2D eigenvalue weighted by Gasteiger charge is 2.14. The van der Waals surface area contributed by atoms with Crippen LogP contribution in [0.25, 0.3) is 0 Å². The number of rotatable bonds is 8. The number of likely N-dealkylation sites (N-methyl/N-ethyl adjacent to an activating group) is 1. The van der Waals surface area contributed by atoms with Gasteiger partial charge >= 0.3 is 0 Å². The number of hydrogen-bond acceptors (Lipinski definition) is 7. The van der Waals surface area contributed by atoms with Crippen molar-refractivity contribution in [3.63, 3.8) is 0 Å². The quantitative estimate of drug-likeness (QED) is 0.586. The third kappa shape index (κ3) is 5.33. The number of nitriles is 1. The first-order valence-electron chi connectivity index (χ1n) is 8.07. The smallest absolute Gasteiger partial charge is 0.252 e. The summed E-state index contributed by atoms with van der Waals surface area (Å²) in [5.41, 5.74) is 3.76. The van der Waals surface area contributed by atoms with Crippen LogP contribution in [0.4, 0.5) is 5.88 Å². The molecule has 1 heterocycles. The summed E-state index contributed by atoms with van der Waals surface area (Å²) in [5.74, 6) is 1.59. The summed E-state index contributed by atoms with van der Waals surface area (Å²) in [6, 6.07) is 9.62. The van der Waals surface area contributed by atoms with Crippen LogP contribution in [0.2, 0.25) is 0 Å². The molecule has 1 aromatic carbocycles. The van der Waals surface area contributed by atoms with E-state index in [0.29, 0.717) is 12.5 Å². The van der Waals surface area contributed by atoms with Crippen molar-refractivity contribution in [3.05, 3.63) is 41.4 Å². The SMILES string of the molecule is CC(C)c1nc(C#N)c(N/N=C/c2ccccc2OCCN(C)C)o1. The number of hydrogen-bond donors (Lipinski definition) is 1. The number of para-hydroxylation sites is 1. The fourth-order valence-electron chi connectivity index (χ4n) is 1.95. The number of aromatic nitrogens is 1. The van der Waals surface area contributed by atoms with Crippen LogP contribution in [0.15, 0.2) is 33.8 Å². The highest BCUT2D eigenvalue weighted by atomic mass is 16.5. The molecule has 7 heteroatoms. The maximum absolute atomic E-state index is 9.13. The number of benzene rings is 1. The van der Waals surface area contributed by atoms with Crippen molar-refractivity contribution in [1.29, 1.82) is 5.26 Å². The Labute approximate surface area is 147 Å². The van der Waals surface area contributed by atoms with Crippen molar-refractivity contribution in [2.45, 2.75) is 19.8 Å². The van der Waals surface area contributed by atoms with Crippen molar-refractivity contribution < 1.29 is 9.15 Å². The molecule has 1 N–H and O–H groups in total. The number of ether oxygens (including phenoxy) is 1. The molecule has 132 valence electrons. The van der Waals surface area contributed by atoms with Gasteiger partial charge in [0.2, 0.25) is 11.6 Å². The first-order chi connectivity index (χ1) is 12.0. The summed E-state index contributed by atoms with van der Waals surface area (Å²) in [4.78, 5) is 6.19. The standard InChI is InChI=1S/C18H23N5O2/c1-13(2)17-21-15(11-19)18(25-17)22-20-12-14-7-5-6-8-16(14)24-10-9-23(3)4/h5-8,12-13,22H,9-10H2,1-4H3/b20-12+. The van der Waals surface area contributed by atoms with E-state index in [-0.39, 0.29) is 17.5 Å². The molecule has 2 aromatic rings. The molecule has 0 radical (unpaired) electrons. The Morgan fingerprint density at radius 2 is 2.16 bits per heavy atom. The van der Waals surface area contributed by atoms with E-state index in [2.05, 4.69) is 20.4 Å². The topological polar surface area (TPSA) is 86.7 Å². The Hall–Kier alpha value is -2.85. The molecule has 0 amide bonds. The molecule has 0 aliphatic rings. The Balaban J connectivity index is 2.06. The number of nitrogens with one attached hydrogen (secondary N) is 1. The van der Waals surface area contributed by atoms with Crippen molar-refractivity contribution in [2.75, 3.05) is 32.7 Å². The fourth-order valence-corrected chi connectivity index (χ4v) is 1.95. The molecule has 0 saturated carbocycles. The normalized spacial score (nSPS) is 11.2. The number of anilines is 1. The van der Waals surface area contributed by atoms with Gasteiger partial charge < -0.3 is 14.1 Å². The highest BCUT2D eigenvalue weighted by Crippen LogP contribution is 2.22. The van der Waals surface area contributed by atoms with Gasteiger partial charge in [0.05, 0.1) is 6.21 Å². The molecule has 25 heavy (non-hydrogen) atoms. The molecule has 0 atom stereocenters. The minimum atomic E-state index is 0.0949. The number of hydrazone groups is 1. The summed E-state index contributed by atoms with van der Waals surface area (Å²) in [6.07, 6.45) is 1.63. The second-order valence-corrected chi connectivity index (χ2v) is 6.06. The van der Waals surface area contributed by atoms with Gasteiger partial charge in [-0.25, -0.2) is 10.4 Å². The summed E-state index contributed by atoms with van der Waals surface area (Å²) < 4.78 is 11.3. The van der Waals surface area contributed by atoms with Gasteiger partial charge in [0.15, 0.2) is 0 Å². The van der Waals surface area contributed by atoms with Crippen molar-refractivity contribution in [3.8, 4) is 11.8 Å². The molecule has 0 fully saturated rings. The molecule has 0 aliphatic carbocycles. The fraction of sp³-hybridized carbons (Fsp3) is 0.389. The largest absolute Gasteiger partial charge is 0.492 e. The van der Waals surface area contributed by atoms with Gasteiger partial charge in [0.1, 0.15) is 18.4 Å². The van der Waals surface area contributed by atoms with Gasteiger partial charge in [-0.1, -0.05) is 26.0 Å². The first kappa shape index (κ1) is 18.5. The molecular weight excluding hydrogens is 318 g/mol. The Morgan fingerprint density at radius 1 is 1.40 bits per heavy atom. The van der Waals surface area contributed by atoms with E-state index in [0.717, 1.165) is 17.9 Å². The van der Waals surface area contributed by atoms with Crippen LogP contribution in [0.5, 0.6) is 5.75 Å². The van der Waals surface area contributed by atoms with E-state index in [9.17, 15) is 0 Å². The van der Waals surface area contributed by atoms with Crippen LogP contribution in [0.3, 0.4) is 0 Å². The molecule has 2 rings (SSSR count). The molecule has 0 bridgehead atoms. The lowest BCUT2D eigenvalue weighted by molar-refractivity contribution is 0.261. The summed E-state index contributed by atoms with van der Waals surface area (Å²) in [6.45, 7) is 5.30. The lowest BCUT2D eigenvalue weighted by Crippen LogP contribution is -2.19. The monoisotopic (exact) mass is 341 g/mol. The van der Waals surface area contributed by atoms with Crippen molar-refractivity contribution in [1.82, 2.24) is 9.88 Å². The van der Waals surface area contributed by atoms with Gasteiger partial charge in [0, 0.05) is 18.0 Å². The van der Waals surface area contributed by atoms with Crippen molar-refractivity contribution in [2.24, 2.45) is 5.10 Å². The second kappa shape index (κ2) is 8.85. The molecule has 0 saturated heterocycles. The molecule has 7 nitrogen and oxygen atoms in total. The van der Waals surface area contributed by atoms with E-state index < -0.39 is 0 Å². The average molecular weight is 341 g/mol. The molecular formula is C18H23N5O2. The number of nitrogens with zero attached hydrogens (tertiary/aromatic N) is 4. The van der Waals surface area contributed by atoms with Crippen LogP contribution < -0.4 is 10.2 Å². The first-order valence-corrected chi connectivity index (χ1v) is 8.07. The minimum Gasteiger partial charge on any atom is -0.492 e. The second-order valence-electron chi connectivity index (χ2n) is 6.06. The van der Waals surface area contributed by atoms with Gasteiger partial charge in [-0.05, 0) is 26.2 Å². The summed E-state index contributed by atoms with van der Waals surface area (Å²) >= 11 is 0. The van der Waals surface area contributed by atoms with Crippen LogP contribution in [-0.2, 0) is 0 Å².